The first-order chi connectivity index (χ1) is 9.75. The number of carbonyl (C=O) groups excluding carboxylic acids is 1. The van der Waals surface area contributed by atoms with Crippen molar-refractivity contribution in [2.45, 2.75) is 18.2 Å². The Bertz CT molecular complexity index is 646. The zero-order valence-corrected chi connectivity index (χ0v) is 12.6. The summed E-state index contributed by atoms with van der Waals surface area (Å²) in [7, 11) is 1.03. The van der Waals surface area contributed by atoms with Crippen LogP contribution in [0, 0.1) is 10.1 Å². The molecule has 0 radical (unpaired) electrons. The van der Waals surface area contributed by atoms with E-state index in [-0.39, 0.29) is 12.3 Å². The number of nitrogens with zero attached hydrogens (tertiary/aromatic N) is 1. The van der Waals surface area contributed by atoms with Crippen molar-refractivity contribution in [2.24, 2.45) is 0 Å². The third-order valence-corrected chi connectivity index (χ3v) is 3.65. The van der Waals surface area contributed by atoms with Gasteiger partial charge in [-0.25, -0.2) is 8.42 Å². The molecule has 1 amide bonds. The van der Waals surface area contributed by atoms with E-state index in [1.807, 2.05) is 6.92 Å². The van der Waals surface area contributed by atoms with E-state index >= 15 is 0 Å². The molecule has 0 aliphatic rings. The van der Waals surface area contributed by atoms with Gasteiger partial charge in [-0.05, 0) is 18.6 Å². The molecule has 8 nitrogen and oxygen atoms in total. The van der Waals surface area contributed by atoms with Crippen LogP contribution in [0.3, 0.4) is 0 Å². The minimum Gasteiger partial charge on any atom is -0.372 e. The number of nitro groups is 1. The van der Waals surface area contributed by atoms with Crippen LogP contribution in [-0.4, -0.2) is 32.5 Å². The number of hydrogen-bond donors (Lipinski definition) is 1. The maximum atomic E-state index is 11.5. The lowest BCUT2D eigenvalue weighted by atomic mass is 10.2. The van der Waals surface area contributed by atoms with Crippen LogP contribution >= 0.6 is 10.7 Å². The van der Waals surface area contributed by atoms with Crippen molar-refractivity contribution in [2.75, 3.05) is 18.5 Å². The Balaban J connectivity index is 2.97. The lowest BCUT2D eigenvalue weighted by molar-refractivity contribution is -0.384. The fourth-order valence-corrected chi connectivity index (χ4v) is 2.19. The molecule has 0 atom stereocenters. The number of carbonyl (C=O) groups is 1. The van der Waals surface area contributed by atoms with Crippen molar-refractivity contribution in [3.8, 4) is 0 Å². The number of nitrogens with one attached hydrogen (secondary N) is 1. The standard InChI is InChI=1S/C11H13ClN2O6S/c1-2-5-20-7-11(15)13-9-4-3-8(21(12,18)19)6-10(9)14(16)17/h3-4,6H,2,5,7H2,1H3,(H,13,15). The maximum absolute atomic E-state index is 11.5. The second-order valence-corrected chi connectivity index (χ2v) is 6.54. The molecule has 10 heteroatoms. The molecule has 116 valence electrons. The SMILES string of the molecule is CCCOCC(=O)Nc1ccc(S(=O)(=O)Cl)cc1[N+](=O)[O-]. The van der Waals surface area contributed by atoms with Crippen molar-refractivity contribution < 1.29 is 22.9 Å². The van der Waals surface area contributed by atoms with Crippen LogP contribution in [0.2, 0.25) is 0 Å². The number of rotatable bonds is 7. The van der Waals surface area contributed by atoms with E-state index in [4.69, 9.17) is 15.4 Å². The summed E-state index contributed by atoms with van der Waals surface area (Å²) in [4.78, 5) is 21.2. The fraction of sp³-hybridized carbons (Fsp3) is 0.364. The predicted octanol–water partition coefficient (Wildman–Crippen LogP) is 1.89. The zero-order chi connectivity index (χ0) is 16.0. The van der Waals surface area contributed by atoms with Crippen molar-refractivity contribution in [3.63, 3.8) is 0 Å². The average Bonchev–Trinajstić information content (AvgIpc) is 2.37. The normalized spacial score (nSPS) is 11.1. The molecule has 0 aliphatic carbocycles. The number of benzene rings is 1. The number of anilines is 1. The summed E-state index contributed by atoms with van der Waals surface area (Å²) >= 11 is 0. The molecule has 0 heterocycles. The fourth-order valence-electron chi connectivity index (χ4n) is 1.42. The van der Waals surface area contributed by atoms with Crippen LogP contribution in [0.5, 0.6) is 0 Å². The third kappa shape index (κ3) is 5.29. The smallest absolute Gasteiger partial charge is 0.294 e. The van der Waals surface area contributed by atoms with E-state index in [2.05, 4.69) is 5.32 Å². The molecule has 0 aromatic heterocycles. The molecule has 0 fully saturated rings. The highest BCUT2D eigenvalue weighted by atomic mass is 35.7. The summed E-state index contributed by atoms with van der Waals surface area (Å²) in [5.74, 6) is -0.576. The van der Waals surface area contributed by atoms with Gasteiger partial charge in [-0.15, -0.1) is 0 Å². The first-order valence-corrected chi connectivity index (χ1v) is 8.17. The average molecular weight is 337 g/mol. The van der Waals surface area contributed by atoms with Gasteiger partial charge < -0.3 is 10.1 Å². The molecule has 1 aromatic carbocycles. The maximum Gasteiger partial charge on any atom is 0.294 e. The third-order valence-electron chi connectivity index (χ3n) is 2.30. The van der Waals surface area contributed by atoms with Crippen LogP contribution in [0.15, 0.2) is 23.1 Å². The highest BCUT2D eigenvalue weighted by Gasteiger charge is 2.21. The minimum absolute atomic E-state index is 0.130. The summed E-state index contributed by atoms with van der Waals surface area (Å²) in [5, 5.41) is 13.2. The second-order valence-electron chi connectivity index (χ2n) is 3.97. The Morgan fingerprint density at radius 1 is 1.48 bits per heavy atom. The van der Waals surface area contributed by atoms with Crippen molar-refractivity contribution >= 4 is 37.0 Å². The van der Waals surface area contributed by atoms with Crippen molar-refractivity contribution in [1.82, 2.24) is 0 Å². The summed E-state index contributed by atoms with van der Waals surface area (Å²) in [6.45, 7) is 2.01. The number of amides is 1. The minimum atomic E-state index is -4.09. The van der Waals surface area contributed by atoms with Gasteiger partial charge in [0.1, 0.15) is 12.3 Å². The van der Waals surface area contributed by atoms with Gasteiger partial charge in [-0.3, -0.25) is 14.9 Å². The predicted molar refractivity (Wildman–Crippen MR) is 75.9 cm³/mol. The Hall–Kier alpha value is -1.71. The molecular weight excluding hydrogens is 324 g/mol. The Labute approximate surface area is 125 Å². The molecule has 0 unspecified atom stereocenters. The van der Waals surface area contributed by atoms with Crippen LogP contribution in [0.25, 0.3) is 0 Å². The molecule has 1 rings (SSSR count). The molecule has 1 N–H and O–H groups in total. The Morgan fingerprint density at radius 3 is 2.67 bits per heavy atom. The van der Waals surface area contributed by atoms with Gasteiger partial charge in [-0.1, -0.05) is 6.92 Å². The molecular formula is C11H13ClN2O6S. The quantitative estimate of drug-likeness (QED) is 0.352. The molecule has 21 heavy (non-hydrogen) atoms. The first-order valence-electron chi connectivity index (χ1n) is 5.86. The first kappa shape index (κ1) is 17.3. The number of ether oxygens (including phenoxy) is 1. The second kappa shape index (κ2) is 7.34. The number of hydrogen-bond acceptors (Lipinski definition) is 6. The van der Waals surface area contributed by atoms with Gasteiger partial charge in [0.15, 0.2) is 0 Å². The molecule has 0 saturated heterocycles. The van der Waals surface area contributed by atoms with Crippen LogP contribution in [0.4, 0.5) is 11.4 Å². The van der Waals surface area contributed by atoms with E-state index in [0.717, 1.165) is 24.6 Å². The van der Waals surface area contributed by atoms with E-state index in [1.165, 1.54) is 0 Å². The number of halogens is 1. The topological polar surface area (TPSA) is 116 Å². The van der Waals surface area contributed by atoms with E-state index in [9.17, 15) is 23.3 Å². The highest BCUT2D eigenvalue weighted by Crippen LogP contribution is 2.28. The molecule has 0 saturated carbocycles. The summed E-state index contributed by atoms with van der Waals surface area (Å²) in [6.07, 6.45) is 0.732. The summed E-state index contributed by atoms with van der Waals surface area (Å²) in [6, 6.07) is 2.95. The van der Waals surface area contributed by atoms with Gasteiger partial charge in [0.05, 0.1) is 9.82 Å². The van der Waals surface area contributed by atoms with E-state index < -0.39 is 30.5 Å². The highest BCUT2D eigenvalue weighted by molar-refractivity contribution is 8.13. The van der Waals surface area contributed by atoms with Crippen molar-refractivity contribution in [3.05, 3.63) is 28.3 Å². The van der Waals surface area contributed by atoms with Gasteiger partial charge in [0, 0.05) is 23.4 Å². The van der Waals surface area contributed by atoms with Crippen LogP contribution in [0.1, 0.15) is 13.3 Å². The Kier molecular flexibility index (Phi) is 6.06. The van der Waals surface area contributed by atoms with Gasteiger partial charge in [-0.2, -0.15) is 0 Å². The monoisotopic (exact) mass is 336 g/mol. The number of nitro benzene ring substituents is 1. The lowest BCUT2D eigenvalue weighted by Gasteiger charge is -2.07. The van der Waals surface area contributed by atoms with Crippen molar-refractivity contribution in [1.29, 1.82) is 0 Å². The van der Waals surface area contributed by atoms with Crippen LogP contribution in [-0.2, 0) is 18.6 Å². The van der Waals surface area contributed by atoms with Gasteiger partial charge in [0.2, 0.25) is 0 Å². The molecule has 0 spiro atoms. The lowest BCUT2D eigenvalue weighted by Crippen LogP contribution is -2.19. The van der Waals surface area contributed by atoms with E-state index in [1.54, 1.807) is 0 Å². The largest absolute Gasteiger partial charge is 0.372 e. The molecule has 0 bridgehead atoms. The van der Waals surface area contributed by atoms with Gasteiger partial charge >= 0.3 is 0 Å². The Morgan fingerprint density at radius 2 is 2.14 bits per heavy atom. The zero-order valence-electron chi connectivity index (χ0n) is 11.0. The summed E-state index contributed by atoms with van der Waals surface area (Å²) < 4.78 is 27.3. The van der Waals surface area contributed by atoms with Gasteiger partial charge in [0.25, 0.3) is 20.6 Å². The molecule has 0 aliphatic heterocycles. The van der Waals surface area contributed by atoms with E-state index in [0.29, 0.717) is 6.61 Å². The van der Waals surface area contributed by atoms with Crippen LogP contribution < -0.4 is 5.32 Å². The summed E-state index contributed by atoms with van der Waals surface area (Å²) in [5.41, 5.74) is -0.699. The molecule has 1 aromatic rings.